The van der Waals surface area contributed by atoms with Gasteiger partial charge in [0.2, 0.25) is 0 Å². The highest BCUT2D eigenvalue weighted by molar-refractivity contribution is 5.91. The molecule has 0 spiro atoms. The van der Waals surface area contributed by atoms with Gasteiger partial charge >= 0.3 is 0 Å². The first kappa shape index (κ1) is 14.4. The molecular formula is C16H20N4O3. The third-order valence-corrected chi connectivity index (χ3v) is 4.59. The van der Waals surface area contributed by atoms with Gasteiger partial charge in [-0.05, 0) is 30.9 Å². The van der Waals surface area contributed by atoms with Crippen molar-refractivity contribution < 1.29 is 13.9 Å². The van der Waals surface area contributed by atoms with E-state index in [9.17, 15) is 4.79 Å². The van der Waals surface area contributed by atoms with E-state index >= 15 is 0 Å². The van der Waals surface area contributed by atoms with Gasteiger partial charge < -0.3 is 14.1 Å². The number of methoxy groups -OCH3 is 1. The van der Waals surface area contributed by atoms with Crippen LogP contribution in [-0.2, 0) is 17.7 Å². The van der Waals surface area contributed by atoms with Crippen molar-refractivity contribution in [3.05, 3.63) is 35.5 Å². The van der Waals surface area contributed by atoms with Crippen LogP contribution in [0.1, 0.15) is 40.8 Å². The smallest absolute Gasteiger partial charge is 0.290 e. The Morgan fingerprint density at radius 1 is 1.48 bits per heavy atom. The van der Waals surface area contributed by atoms with Gasteiger partial charge in [-0.1, -0.05) is 5.21 Å². The summed E-state index contributed by atoms with van der Waals surface area (Å²) in [5.74, 6) is 0.962. The average Bonchev–Trinajstić information content (AvgIpc) is 3.05. The van der Waals surface area contributed by atoms with Crippen LogP contribution in [0.15, 0.2) is 22.8 Å². The Kier molecular flexibility index (Phi) is 3.65. The molecule has 0 aromatic carbocycles. The summed E-state index contributed by atoms with van der Waals surface area (Å²) in [6, 6.07) is 3.19. The van der Waals surface area contributed by atoms with Gasteiger partial charge in [-0.25, -0.2) is 4.68 Å². The van der Waals surface area contributed by atoms with Gasteiger partial charge in [-0.3, -0.25) is 4.79 Å². The number of hydrogen-bond acceptors (Lipinski definition) is 5. The van der Waals surface area contributed by atoms with Crippen LogP contribution in [0.4, 0.5) is 0 Å². The molecule has 0 unspecified atom stereocenters. The molecule has 23 heavy (non-hydrogen) atoms. The number of amides is 1. The Hall–Kier alpha value is -2.15. The zero-order valence-corrected chi connectivity index (χ0v) is 13.1. The van der Waals surface area contributed by atoms with E-state index in [1.165, 1.54) is 19.1 Å². The van der Waals surface area contributed by atoms with Crippen LogP contribution in [-0.4, -0.2) is 46.1 Å². The van der Waals surface area contributed by atoms with Crippen LogP contribution in [0.25, 0.3) is 0 Å². The predicted molar refractivity (Wildman–Crippen MR) is 80.8 cm³/mol. The van der Waals surface area contributed by atoms with E-state index in [1.807, 2.05) is 4.68 Å². The summed E-state index contributed by atoms with van der Waals surface area (Å²) in [6.07, 6.45) is 4.83. The summed E-state index contributed by atoms with van der Waals surface area (Å²) in [5.41, 5.74) is 2.00. The maximum Gasteiger partial charge on any atom is 0.290 e. The molecule has 7 heteroatoms. The summed E-state index contributed by atoms with van der Waals surface area (Å²) in [4.78, 5) is 14.5. The Labute approximate surface area is 134 Å². The van der Waals surface area contributed by atoms with Crippen molar-refractivity contribution in [2.45, 2.75) is 31.8 Å². The second-order valence-electron chi connectivity index (χ2n) is 6.24. The van der Waals surface area contributed by atoms with Crippen molar-refractivity contribution in [3.8, 4) is 0 Å². The SMILES string of the molecule is COC[C@H]1c2nnn(CC3CC3)c2CCN1C(=O)c1ccco1. The molecule has 1 fully saturated rings. The monoisotopic (exact) mass is 316 g/mol. The molecule has 2 aromatic heterocycles. The summed E-state index contributed by atoms with van der Waals surface area (Å²) in [6.45, 7) is 1.97. The number of carbonyl (C=O) groups excluding carboxylic acids is 1. The standard InChI is InChI=1S/C16H20N4O3/c1-22-10-13-15-12(20(18-17-15)9-11-4-5-11)6-7-19(13)16(21)14-3-2-8-23-14/h2-3,8,11,13H,4-7,9-10H2,1H3/t13-/m0/s1. The molecule has 0 N–H and O–H groups in total. The van der Waals surface area contributed by atoms with Crippen molar-refractivity contribution in [2.24, 2.45) is 5.92 Å². The molecule has 0 radical (unpaired) electrons. The van der Waals surface area contributed by atoms with Crippen molar-refractivity contribution in [3.63, 3.8) is 0 Å². The van der Waals surface area contributed by atoms with E-state index in [-0.39, 0.29) is 11.9 Å². The third-order valence-electron chi connectivity index (χ3n) is 4.59. The molecule has 1 aliphatic heterocycles. The fourth-order valence-corrected chi connectivity index (χ4v) is 3.20. The summed E-state index contributed by atoms with van der Waals surface area (Å²) < 4.78 is 12.6. The Morgan fingerprint density at radius 2 is 2.35 bits per heavy atom. The fourth-order valence-electron chi connectivity index (χ4n) is 3.20. The van der Waals surface area contributed by atoms with Crippen molar-refractivity contribution >= 4 is 5.91 Å². The van der Waals surface area contributed by atoms with Crippen LogP contribution < -0.4 is 0 Å². The van der Waals surface area contributed by atoms with E-state index in [0.29, 0.717) is 18.9 Å². The van der Waals surface area contributed by atoms with Gasteiger partial charge in [-0.15, -0.1) is 5.10 Å². The summed E-state index contributed by atoms with van der Waals surface area (Å²) in [5, 5.41) is 8.68. The van der Waals surface area contributed by atoms with Crippen LogP contribution >= 0.6 is 0 Å². The molecule has 1 aliphatic carbocycles. The highest BCUT2D eigenvalue weighted by Gasteiger charge is 2.36. The lowest BCUT2D eigenvalue weighted by Crippen LogP contribution is -2.42. The molecule has 3 heterocycles. The molecule has 0 bridgehead atoms. The van der Waals surface area contributed by atoms with Crippen molar-refractivity contribution in [1.29, 1.82) is 0 Å². The highest BCUT2D eigenvalue weighted by atomic mass is 16.5. The number of nitrogens with zero attached hydrogens (tertiary/aromatic N) is 4. The minimum Gasteiger partial charge on any atom is -0.459 e. The molecule has 2 aliphatic rings. The third kappa shape index (κ3) is 2.65. The van der Waals surface area contributed by atoms with E-state index < -0.39 is 0 Å². The normalized spacial score (nSPS) is 20.6. The van der Waals surface area contributed by atoms with Gasteiger partial charge in [0.25, 0.3) is 5.91 Å². The molecule has 1 saturated carbocycles. The Balaban J connectivity index is 1.62. The number of rotatable bonds is 5. The minimum atomic E-state index is -0.214. The molecule has 0 saturated heterocycles. The quantitative estimate of drug-likeness (QED) is 0.839. The highest BCUT2D eigenvalue weighted by Crippen LogP contribution is 2.34. The lowest BCUT2D eigenvalue weighted by atomic mass is 10.0. The van der Waals surface area contributed by atoms with E-state index in [4.69, 9.17) is 9.15 Å². The van der Waals surface area contributed by atoms with Crippen LogP contribution in [0.5, 0.6) is 0 Å². The largest absolute Gasteiger partial charge is 0.459 e. The molecular weight excluding hydrogens is 296 g/mol. The first-order valence-electron chi connectivity index (χ1n) is 8.03. The first-order valence-corrected chi connectivity index (χ1v) is 8.03. The first-order chi connectivity index (χ1) is 11.3. The van der Waals surface area contributed by atoms with Crippen molar-refractivity contribution in [2.75, 3.05) is 20.3 Å². The number of ether oxygens (including phenoxy) is 1. The van der Waals surface area contributed by atoms with Gasteiger partial charge in [0.1, 0.15) is 11.7 Å². The number of furan rings is 1. The van der Waals surface area contributed by atoms with Gasteiger partial charge in [-0.2, -0.15) is 0 Å². The molecule has 7 nitrogen and oxygen atoms in total. The fraction of sp³-hybridized carbons (Fsp3) is 0.562. The van der Waals surface area contributed by atoms with E-state index in [2.05, 4.69) is 10.3 Å². The number of carbonyl (C=O) groups is 1. The predicted octanol–water partition coefficient (Wildman–Crippen LogP) is 1.67. The van der Waals surface area contributed by atoms with Gasteiger partial charge in [0.15, 0.2) is 5.76 Å². The lowest BCUT2D eigenvalue weighted by Gasteiger charge is -2.33. The van der Waals surface area contributed by atoms with Gasteiger partial charge in [0, 0.05) is 26.6 Å². The van der Waals surface area contributed by atoms with Crippen LogP contribution in [0, 0.1) is 5.92 Å². The molecule has 2 aromatic rings. The zero-order chi connectivity index (χ0) is 15.8. The van der Waals surface area contributed by atoms with Crippen LogP contribution in [0.2, 0.25) is 0 Å². The molecule has 1 atom stereocenters. The summed E-state index contributed by atoms with van der Waals surface area (Å²) >= 11 is 0. The Bertz CT molecular complexity index is 690. The minimum absolute atomic E-state index is 0.126. The van der Waals surface area contributed by atoms with Gasteiger partial charge in [0.05, 0.1) is 18.6 Å². The summed E-state index contributed by atoms with van der Waals surface area (Å²) in [7, 11) is 1.64. The van der Waals surface area contributed by atoms with E-state index in [0.717, 1.165) is 30.3 Å². The molecule has 1 amide bonds. The number of fused-ring (bicyclic) bond motifs is 1. The maximum absolute atomic E-state index is 12.7. The molecule has 122 valence electrons. The molecule has 4 rings (SSSR count). The van der Waals surface area contributed by atoms with Crippen molar-refractivity contribution in [1.82, 2.24) is 19.9 Å². The second-order valence-corrected chi connectivity index (χ2v) is 6.24. The number of hydrogen-bond donors (Lipinski definition) is 0. The Morgan fingerprint density at radius 3 is 3.04 bits per heavy atom. The average molecular weight is 316 g/mol. The topological polar surface area (TPSA) is 73.4 Å². The van der Waals surface area contributed by atoms with E-state index in [1.54, 1.807) is 24.1 Å². The second kappa shape index (κ2) is 5.81. The zero-order valence-electron chi connectivity index (χ0n) is 13.1. The maximum atomic E-state index is 12.7. The van der Waals surface area contributed by atoms with Crippen LogP contribution in [0.3, 0.4) is 0 Å². The number of aromatic nitrogens is 3. The lowest BCUT2D eigenvalue weighted by molar-refractivity contribution is 0.0462.